The second-order valence-corrected chi connectivity index (χ2v) is 16.6. The fraction of sp³-hybridized carbons (Fsp3) is 0.533. The van der Waals surface area contributed by atoms with Crippen LogP contribution < -0.4 is 4.74 Å². The van der Waals surface area contributed by atoms with Crippen LogP contribution in [0.3, 0.4) is 0 Å². The van der Waals surface area contributed by atoms with Crippen LogP contribution in [0.1, 0.15) is 58.6 Å². The molecule has 224 valence electrons. The summed E-state index contributed by atoms with van der Waals surface area (Å²) in [5.41, 5.74) is -2.52. The first kappa shape index (κ1) is 30.1. The van der Waals surface area contributed by atoms with Crippen LogP contribution in [0.15, 0.2) is 48.5 Å². The van der Waals surface area contributed by atoms with E-state index >= 15 is 8.78 Å². The predicted molar refractivity (Wildman–Crippen MR) is 152 cm³/mol. The van der Waals surface area contributed by atoms with Crippen molar-refractivity contribution in [1.82, 2.24) is 4.90 Å². The molecule has 5 rings (SSSR count). The number of alkyl halides is 5. The van der Waals surface area contributed by atoms with Crippen molar-refractivity contribution in [2.75, 3.05) is 13.6 Å². The molecular weight excluding hydrogens is 657 g/mol. The molecule has 6 nitrogen and oxygen atoms in total. The van der Waals surface area contributed by atoms with Crippen molar-refractivity contribution in [1.29, 1.82) is 0 Å². The van der Waals surface area contributed by atoms with Gasteiger partial charge in [-0.3, -0.25) is 4.79 Å². The molecule has 1 saturated heterocycles. The van der Waals surface area contributed by atoms with Crippen molar-refractivity contribution in [3.63, 3.8) is 0 Å². The summed E-state index contributed by atoms with van der Waals surface area (Å²) in [5.74, 6) is -1.04. The molecule has 2 aliphatic heterocycles. The normalized spacial score (nSPS) is 27.0. The minimum Gasteiger partial charge on any atom is -0.448 e. The van der Waals surface area contributed by atoms with Gasteiger partial charge in [0, 0.05) is 5.41 Å². The molecule has 11 heteroatoms. The molecule has 0 radical (unpaired) electrons. The van der Waals surface area contributed by atoms with Gasteiger partial charge in [0.1, 0.15) is 0 Å². The van der Waals surface area contributed by atoms with E-state index in [0.717, 1.165) is 0 Å². The molecule has 41 heavy (non-hydrogen) atoms. The summed E-state index contributed by atoms with van der Waals surface area (Å²) in [6.45, 7) is 9.07. The van der Waals surface area contributed by atoms with Gasteiger partial charge in [0.05, 0.1) is 5.41 Å². The van der Waals surface area contributed by atoms with Crippen LogP contribution in [0.25, 0.3) is 0 Å². The van der Waals surface area contributed by atoms with Crippen LogP contribution in [-0.2, 0) is 29.4 Å². The smallest absolute Gasteiger partial charge is 0.448 e. The molecule has 2 unspecified atom stereocenters. The van der Waals surface area contributed by atoms with Crippen LogP contribution in [0.2, 0.25) is 0 Å². The molecule has 0 N–H and O–H groups in total. The summed E-state index contributed by atoms with van der Waals surface area (Å²) in [7, 11) is 1.63. The van der Waals surface area contributed by atoms with E-state index in [1.54, 1.807) is 39.1 Å². The summed E-state index contributed by atoms with van der Waals surface area (Å²) >= 11 is -4.16. The molecule has 2 fully saturated rings. The number of hydrogen-bond acceptors (Lipinski definition) is 5. The zero-order valence-corrected chi connectivity index (χ0v) is 26.0. The van der Waals surface area contributed by atoms with Gasteiger partial charge in [0.25, 0.3) is 0 Å². The number of fused-ring (bicyclic) bond motifs is 3. The Labute approximate surface area is 244 Å². The Morgan fingerprint density at radius 3 is 2.22 bits per heavy atom. The average Bonchev–Trinajstić information content (AvgIpc) is 3.36. The molecule has 2 heterocycles. The summed E-state index contributed by atoms with van der Waals surface area (Å²) in [4.78, 5) is 27.5. The molecule has 0 aromatic heterocycles. The van der Waals surface area contributed by atoms with Gasteiger partial charge in [0.2, 0.25) is 0 Å². The van der Waals surface area contributed by atoms with Crippen molar-refractivity contribution in [3.05, 3.63) is 63.2 Å². The van der Waals surface area contributed by atoms with E-state index in [1.165, 1.54) is 35.2 Å². The van der Waals surface area contributed by atoms with Gasteiger partial charge >= 0.3 is 191 Å². The van der Waals surface area contributed by atoms with Crippen molar-refractivity contribution >= 4 is 32.1 Å². The monoisotopic (exact) mass is 691 g/mol. The Balaban J connectivity index is 1.23. The fourth-order valence-electron chi connectivity index (χ4n) is 6.01. The quantitative estimate of drug-likeness (QED) is 0.130. The van der Waals surface area contributed by atoms with Gasteiger partial charge in [-0.15, -0.1) is 0 Å². The molecular formula is C30H34F4INO5. The molecule has 2 bridgehead atoms. The SMILES string of the molecule is CN(CCc1ccc(OC(F)(F)C(F)(F)I2OC(C)(C)c3ccccc32)cc1)C(=O)C12CCC(C)(C(=O)O1)C2(C)C. The van der Waals surface area contributed by atoms with Crippen molar-refractivity contribution < 1.29 is 39.7 Å². The number of carbonyl (C=O) groups excluding carboxylic acids is 2. The van der Waals surface area contributed by atoms with Crippen LogP contribution in [0.5, 0.6) is 5.75 Å². The number of nitrogens with zero attached hydrogens (tertiary/aromatic N) is 1. The van der Waals surface area contributed by atoms with E-state index in [-0.39, 0.29) is 22.0 Å². The topological polar surface area (TPSA) is 65.1 Å². The third-order valence-corrected chi connectivity index (χ3v) is 14.6. The molecule has 1 saturated carbocycles. The molecule has 0 spiro atoms. The number of likely N-dealkylation sites (N-methyl/N-ethyl adjacent to an activating group) is 1. The maximum absolute atomic E-state index is 15.3. The summed E-state index contributed by atoms with van der Waals surface area (Å²) in [6.07, 6.45) is -3.40. The van der Waals surface area contributed by atoms with E-state index in [4.69, 9.17) is 7.80 Å². The Bertz CT molecular complexity index is 1380. The van der Waals surface area contributed by atoms with Gasteiger partial charge in [-0.1, -0.05) is 13.8 Å². The second kappa shape index (κ2) is 9.55. The third kappa shape index (κ3) is 4.35. The van der Waals surface area contributed by atoms with Gasteiger partial charge in [-0.2, -0.15) is 0 Å². The Morgan fingerprint density at radius 2 is 1.63 bits per heavy atom. The van der Waals surface area contributed by atoms with E-state index < -0.39 is 58.1 Å². The maximum atomic E-state index is 15.3. The number of carbonyl (C=O) groups is 2. The van der Waals surface area contributed by atoms with E-state index in [2.05, 4.69) is 4.74 Å². The first-order valence-electron chi connectivity index (χ1n) is 13.4. The predicted octanol–water partition coefficient (Wildman–Crippen LogP) is 6.93. The fourth-order valence-corrected chi connectivity index (χ4v) is 11.2. The van der Waals surface area contributed by atoms with Gasteiger partial charge < -0.3 is 4.74 Å². The van der Waals surface area contributed by atoms with Crippen LogP contribution >= 0.6 is 20.2 Å². The van der Waals surface area contributed by atoms with E-state index in [0.29, 0.717) is 30.4 Å². The first-order chi connectivity index (χ1) is 18.9. The zero-order valence-electron chi connectivity index (χ0n) is 23.8. The number of hydrogen-bond donors (Lipinski definition) is 0. The Kier molecular flexibility index (Phi) is 7.00. The number of halogens is 5. The number of amides is 1. The zero-order chi connectivity index (χ0) is 30.2. The summed E-state index contributed by atoms with van der Waals surface area (Å²) in [5, 5.41) is 0. The molecule has 1 amide bonds. The standard InChI is InChI=1S/C30H34F4INO5/c1-25(2)21-9-7-8-10-22(21)35(41-25)29(31,32)30(33,34)39-20-13-11-19(12-14-20)15-18-36(6)23(37)28-17-16-27(5,24(38)40-28)26(28,3)4/h7-14H,15-18H2,1-6H3. The van der Waals surface area contributed by atoms with E-state index in [9.17, 15) is 18.4 Å². The van der Waals surface area contributed by atoms with Crippen LogP contribution in [0, 0.1) is 14.4 Å². The third-order valence-electron chi connectivity index (χ3n) is 9.20. The Hall–Kier alpha value is -2.41. The molecule has 3 aliphatic rings. The van der Waals surface area contributed by atoms with Crippen molar-refractivity contribution in [3.8, 4) is 5.75 Å². The number of esters is 1. The Morgan fingerprint density at radius 1 is 1.00 bits per heavy atom. The van der Waals surface area contributed by atoms with Crippen molar-refractivity contribution in [2.24, 2.45) is 10.8 Å². The van der Waals surface area contributed by atoms with Crippen LogP contribution in [0.4, 0.5) is 17.6 Å². The minimum atomic E-state index is -4.79. The van der Waals surface area contributed by atoms with Gasteiger partial charge in [-0.25, -0.2) is 0 Å². The number of rotatable bonds is 8. The van der Waals surface area contributed by atoms with Crippen LogP contribution in [-0.4, -0.2) is 46.0 Å². The summed E-state index contributed by atoms with van der Waals surface area (Å²) < 4.78 is 72.0. The molecule has 2 atom stereocenters. The van der Waals surface area contributed by atoms with Gasteiger partial charge in [-0.05, 0) is 19.8 Å². The summed E-state index contributed by atoms with van der Waals surface area (Å²) in [6, 6.07) is 11.7. The average molecular weight is 691 g/mol. The first-order valence-corrected chi connectivity index (χ1v) is 16.5. The minimum absolute atomic E-state index is 0.154. The number of ether oxygens (including phenoxy) is 2. The van der Waals surface area contributed by atoms with Gasteiger partial charge in [0.15, 0.2) is 0 Å². The molecule has 2 aromatic rings. The van der Waals surface area contributed by atoms with Crippen molar-refractivity contribution in [2.45, 2.75) is 75.1 Å². The number of benzene rings is 2. The van der Waals surface area contributed by atoms with E-state index in [1.807, 2.05) is 20.8 Å². The second-order valence-electron chi connectivity index (χ2n) is 12.2. The molecule has 1 aliphatic carbocycles. The molecule has 2 aromatic carbocycles.